The Labute approximate surface area is 164 Å². The van der Waals surface area contributed by atoms with Gasteiger partial charge in [0.25, 0.3) is 5.91 Å². The molecule has 0 unspecified atom stereocenters. The van der Waals surface area contributed by atoms with E-state index in [0.29, 0.717) is 49.4 Å². The lowest BCUT2D eigenvalue weighted by Gasteiger charge is -2.35. The molecule has 0 spiro atoms. The molecule has 3 rings (SSSR count). The van der Waals surface area contributed by atoms with Gasteiger partial charge in [-0.3, -0.25) is 19.3 Å². The first-order valence-corrected chi connectivity index (χ1v) is 9.16. The highest BCUT2D eigenvalue weighted by molar-refractivity contribution is 6.23. The lowest BCUT2D eigenvalue weighted by molar-refractivity contribution is -0.121. The number of carbonyl (C=O) groups excluding carboxylic acids is 3. The molecule has 28 heavy (non-hydrogen) atoms. The third kappa shape index (κ3) is 3.71. The monoisotopic (exact) mass is 384 g/mol. The molecular weight excluding hydrogens is 360 g/mol. The highest BCUT2D eigenvalue weighted by Gasteiger charge is 2.35. The van der Waals surface area contributed by atoms with Crippen LogP contribution in [0, 0.1) is 0 Å². The normalized spacial score (nSPS) is 18.6. The molecule has 0 saturated carbocycles. The van der Waals surface area contributed by atoms with E-state index in [1.165, 1.54) is 14.2 Å². The summed E-state index contributed by atoms with van der Waals surface area (Å²) in [6.07, 6.45) is 0. The van der Waals surface area contributed by atoms with Crippen LogP contribution in [0.5, 0.6) is 0 Å². The number of nitrogens with zero attached hydrogens (tertiary/aromatic N) is 2. The van der Waals surface area contributed by atoms with Crippen molar-refractivity contribution < 1.29 is 23.9 Å². The van der Waals surface area contributed by atoms with E-state index in [2.05, 4.69) is 4.90 Å². The Balaban J connectivity index is 1.66. The first-order valence-electron chi connectivity index (χ1n) is 9.16. The van der Waals surface area contributed by atoms with Crippen LogP contribution >= 0.6 is 0 Å². The van der Waals surface area contributed by atoms with Gasteiger partial charge in [-0.1, -0.05) is 18.2 Å². The first kappa shape index (κ1) is 19.8. The Bertz CT molecular complexity index is 849. The van der Waals surface area contributed by atoms with E-state index in [9.17, 15) is 14.4 Å². The summed E-state index contributed by atoms with van der Waals surface area (Å²) in [6, 6.07) is 9.19. The van der Waals surface area contributed by atoms with Crippen LogP contribution in [0.4, 0.5) is 0 Å². The lowest BCUT2D eigenvalue weighted by atomic mass is 9.92. The topological polar surface area (TPSA) is 76.2 Å². The summed E-state index contributed by atoms with van der Waals surface area (Å²) in [7, 11) is 2.70. The highest BCUT2D eigenvalue weighted by Crippen LogP contribution is 2.26. The van der Waals surface area contributed by atoms with E-state index < -0.39 is 0 Å². The number of hydrogen-bond acceptors (Lipinski definition) is 6. The van der Waals surface area contributed by atoms with Crippen molar-refractivity contribution in [2.75, 3.05) is 46.9 Å². The molecule has 1 saturated heterocycles. The van der Waals surface area contributed by atoms with Gasteiger partial charge in [-0.25, -0.2) is 0 Å². The van der Waals surface area contributed by atoms with Crippen LogP contribution in [0.1, 0.15) is 17.3 Å². The molecule has 1 aromatic carbocycles. The minimum atomic E-state index is -0.327. The van der Waals surface area contributed by atoms with Crippen molar-refractivity contribution in [3.63, 3.8) is 0 Å². The van der Waals surface area contributed by atoms with Gasteiger partial charge < -0.3 is 14.4 Å². The average Bonchev–Trinajstić information content (AvgIpc) is 2.74. The second-order valence-electron chi connectivity index (χ2n) is 6.76. The van der Waals surface area contributed by atoms with E-state index in [1.807, 2.05) is 23.1 Å². The zero-order valence-electron chi connectivity index (χ0n) is 16.4. The number of allylic oxidation sites excluding steroid dienone is 2. The van der Waals surface area contributed by atoms with Gasteiger partial charge in [0.05, 0.1) is 14.2 Å². The zero-order chi connectivity index (χ0) is 20.3. The summed E-state index contributed by atoms with van der Waals surface area (Å²) in [6.45, 7) is 4.36. The minimum absolute atomic E-state index is 0.00825. The fraction of sp³-hybridized carbons (Fsp3) is 0.381. The SMILES string of the molecule is COC1=C(OC)C(=O)C(CN2CCN(C(=O)c3ccccc3)CC2)=C(C)C1=O. The van der Waals surface area contributed by atoms with Crippen LogP contribution in [0.2, 0.25) is 0 Å². The lowest BCUT2D eigenvalue weighted by Crippen LogP contribution is -2.49. The van der Waals surface area contributed by atoms with Crippen molar-refractivity contribution in [2.45, 2.75) is 6.92 Å². The molecule has 7 heteroatoms. The smallest absolute Gasteiger partial charge is 0.253 e. The average molecular weight is 384 g/mol. The second-order valence-corrected chi connectivity index (χ2v) is 6.76. The van der Waals surface area contributed by atoms with E-state index in [-0.39, 0.29) is 29.0 Å². The number of ketones is 2. The Morgan fingerprint density at radius 2 is 1.50 bits per heavy atom. The number of rotatable bonds is 5. The molecule has 1 heterocycles. The molecule has 0 radical (unpaired) electrons. The molecule has 1 aliphatic heterocycles. The predicted octanol–water partition coefficient (Wildman–Crippen LogP) is 1.42. The number of Topliss-reactive ketones (excluding diaryl/α,β-unsaturated/α-hetero) is 2. The number of hydrogen-bond donors (Lipinski definition) is 0. The maximum atomic E-state index is 12.7. The largest absolute Gasteiger partial charge is 0.489 e. The van der Waals surface area contributed by atoms with Crippen LogP contribution in [0.25, 0.3) is 0 Å². The van der Waals surface area contributed by atoms with Crippen molar-refractivity contribution in [2.24, 2.45) is 0 Å². The van der Waals surface area contributed by atoms with Gasteiger partial charge in [-0.05, 0) is 19.1 Å². The summed E-state index contributed by atoms with van der Waals surface area (Å²) >= 11 is 0. The van der Waals surface area contributed by atoms with Crippen LogP contribution in [-0.2, 0) is 19.1 Å². The van der Waals surface area contributed by atoms with E-state index in [0.717, 1.165) is 0 Å². The van der Waals surface area contributed by atoms with Crippen LogP contribution in [0.15, 0.2) is 53.0 Å². The van der Waals surface area contributed by atoms with Crippen molar-refractivity contribution in [1.29, 1.82) is 0 Å². The fourth-order valence-corrected chi connectivity index (χ4v) is 3.48. The molecule has 1 aromatic rings. The van der Waals surface area contributed by atoms with Gasteiger partial charge >= 0.3 is 0 Å². The summed E-state index contributed by atoms with van der Waals surface area (Å²) < 4.78 is 10.2. The van der Waals surface area contributed by atoms with Crippen molar-refractivity contribution >= 4 is 17.5 Å². The highest BCUT2D eigenvalue weighted by atomic mass is 16.5. The van der Waals surface area contributed by atoms with Crippen molar-refractivity contribution in [3.05, 3.63) is 58.6 Å². The fourth-order valence-electron chi connectivity index (χ4n) is 3.48. The number of benzene rings is 1. The van der Waals surface area contributed by atoms with Gasteiger partial charge in [-0.15, -0.1) is 0 Å². The van der Waals surface area contributed by atoms with Crippen LogP contribution in [0.3, 0.4) is 0 Å². The molecule has 7 nitrogen and oxygen atoms in total. The van der Waals surface area contributed by atoms with Gasteiger partial charge in [0.15, 0.2) is 0 Å². The van der Waals surface area contributed by atoms with Crippen LogP contribution < -0.4 is 0 Å². The molecular formula is C21H24N2O5. The molecule has 0 atom stereocenters. The molecule has 0 aromatic heterocycles. The predicted molar refractivity (Wildman–Crippen MR) is 103 cm³/mol. The van der Waals surface area contributed by atoms with Gasteiger partial charge in [0.1, 0.15) is 0 Å². The second kappa shape index (κ2) is 8.39. The zero-order valence-corrected chi connectivity index (χ0v) is 16.4. The molecule has 1 amide bonds. The maximum Gasteiger partial charge on any atom is 0.253 e. The Hall–Kier alpha value is -2.93. The van der Waals surface area contributed by atoms with E-state index >= 15 is 0 Å². The number of methoxy groups -OCH3 is 2. The minimum Gasteiger partial charge on any atom is -0.489 e. The van der Waals surface area contributed by atoms with Crippen molar-refractivity contribution in [1.82, 2.24) is 9.80 Å². The van der Waals surface area contributed by atoms with E-state index in [4.69, 9.17) is 9.47 Å². The molecule has 0 N–H and O–H groups in total. The van der Waals surface area contributed by atoms with Crippen LogP contribution in [-0.4, -0.2) is 74.2 Å². The summed E-state index contributed by atoms with van der Waals surface area (Å²) in [5.74, 6) is -0.738. The molecule has 1 aliphatic carbocycles. The van der Waals surface area contributed by atoms with Gasteiger partial charge in [0, 0.05) is 49.4 Å². The molecule has 148 valence electrons. The molecule has 0 bridgehead atoms. The standard InChI is InChI=1S/C21H24N2O5/c1-14-16(18(25)20(28-3)19(27-2)17(14)24)13-22-9-11-23(12-10-22)21(26)15-7-5-4-6-8-15/h4-8H,9-13H2,1-3H3. The molecule has 1 fully saturated rings. The Morgan fingerprint density at radius 3 is 2.07 bits per heavy atom. The van der Waals surface area contributed by atoms with E-state index in [1.54, 1.807) is 19.1 Å². The summed E-state index contributed by atoms with van der Waals surface area (Å²) in [5, 5.41) is 0. The third-order valence-electron chi connectivity index (χ3n) is 5.16. The quantitative estimate of drug-likeness (QED) is 0.715. The summed E-state index contributed by atoms with van der Waals surface area (Å²) in [5.41, 5.74) is 1.47. The Kier molecular flexibility index (Phi) is 5.94. The number of amides is 1. The number of ether oxygens (including phenoxy) is 2. The third-order valence-corrected chi connectivity index (χ3v) is 5.16. The van der Waals surface area contributed by atoms with Crippen molar-refractivity contribution in [3.8, 4) is 0 Å². The van der Waals surface area contributed by atoms with Gasteiger partial charge in [-0.2, -0.15) is 0 Å². The maximum absolute atomic E-state index is 12.7. The molecule has 2 aliphatic rings. The Morgan fingerprint density at radius 1 is 0.929 bits per heavy atom. The van der Waals surface area contributed by atoms with Gasteiger partial charge in [0.2, 0.25) is 23.1 Å². The number of carbonyl (C=O) groups is 3. The number of piperazine rings is 1. The summed E-state index contributed by atoms with van der Waals surface area (Å²) in [4.78, 5) is 41.7. The first-order chi connectivity index (χ1) is 13.5.